The Morgan fingerprint density at radius 3 is 2.69 bits per heavy atom. The average Bonchev–Trinajstić information content (AvgIpc) is 2.70. The van der Waals surface area contributed by atoms with Gasteiger partial charge in [-0.25, -0.2) is 4.98 Å². The highest BCUT2D eigenvalue weighted by atomic mass is 16.3. The Kier molecular flexibility index (Phi) is 5.53. The van der Waals surface area contributed by atoms with Crippen LogP contribution in [0.25, 0.3) is 0 Å². The summed E-state index contributed by atoms with van der Waals surface area (Å²) >= 11 is 0. The molecular formula is C13H24N2O. The Balaban J connectivity index is 2.48. The first-order valence-corrected chi connectivity index (χ1v) is 6.33. The highest BCUT2D eigenvalue weighted by Gasteiger charge is 2.16. The molecule has 1 aromatic rings. The molecule has 0 amide bonds. The standard InChI is InChI=1S/C13H24N2O/c1-4-6-7-11(5-2)8-13(16)12-9-14-10-15(12)3/h9-11,13,16H,4-8H2,1-3H3. The minimum Gasteiger partial charge on any atom is -0.387 e. The van der Waals surface area contributed by atoms with Crippen LogP contribution in [0.2, 0.25) is 0 Å². The quantitative estimate of drug-likeness (QED) is 0.773. The molecule has 0 spiro atoms. The topological polar surface area (TPSA) is 38.1 Å². The van der Waals surface area contributed by atoms with Gasteiger partial charge >= 0.3 is 0 Å². The molecule has 2 unspecified atom stereocenters. The van der Waals surface area contributed by atoms with Gasteiger partial charge in [0.2, 0.25) is 0 Å². The lowest BCUT2D eigenvalue weighted by molar-refractivity contribution is 0.132. The molecule has 0 aromatic carbocycles. The van der Waals surface area contributed by atoms with E-state index in [1.807, 2.05) is 11.6 Å². The molecule has 0 bridgehead atoms. The van der Waals surface area contributed by atoms with Gasteiger partial charge in [0.15, 0.2) is 0 Å². The van der Waals surface area contributed by atoms with Gasteiger partial charge in [-0.2, -0.15) is 0 Å². The number of aryl methyl sites for hydroxylation is 1. The molecule has 2 atom stereocenters. The Bertz CT molecular complexity index is 296. The van der Waals surface area contributed by atoms with Crippen LogP contribution < -0.4 is 0 Å². The second kappa shape index (κ2) is 6.69. The monoisotopic (exact) mass is 224 g/mol. The van der Waals surface area contributed by atoms with Crippen LogP contribution in [0, 0.1) is 5.92 Å². The van der Waals surface area contributed by atoms with Crippen LogP contribution >= 0.6 is 0 Å². The normalized spacial score (nSPS) is 15.0. The summed E-state index contributed by atoms with van der Waals surface area (Å²) in [5.41, 5.74) is 0.926. The van der Waals surface area contributed by atoms with E-state index in [1.165, 1.54) is 19.3 Å². The Morgan fingerprint density at radius 1 is 1.44 bits per heavy atom. The van der Waals surface area contributed by atoms with E-state index in [4.69, 9.17) is 0 Å². The third kappa shape index (κ3) is 3.63. The SMILES string of the molecule is CCCCC(CC)CC(O)c1cncn1C. The average molecular weight is 224 g/mol. The predicted octanol–water partition coefficient (Wildman–Crippen LogP) is 3.06. The Hall–Kier alpha value is -0.830. The van der Waals surface area contributed by atoms with Crippen molar-refractivity contribution in [1.82, 2.24) is 9.55 Å². The number of aliphatic hydroxyl groups excluding tert-OH is 1. The molecule has 1 rings (SSSR count). The number of hydrogen-bond acceptors (Lipinski definition) is 2. The minimum absolute atomic E-state index is 0.366. The molecule has 1 heterocycles. The van der Waals surface area contributed by atoms with Crippen molar-refractivity contribution in [3.8, 4) is 0 Å². The molecule has 3 nitrogen and oxygen atoms in total. The zero-order valence-corrected chi connectivity index (χ0v) is 10.7. The molecule has 0 aliphatic carbocycles. The summed E-state index contributed by atoms with van der Waals surface area (Å²) < 4.78 is 1.90. The number of aliphatic hydroxyl groups is 1. The molecule has 0 saturated carbocycles. The van der Waals surface area contributed by atoms with E-state index in [1.54, 1.807) is 12.5 Å². The van der Waals surface area contributed by atoms with Crippen molar-refractivity contribution < 1.29 is 5.11 Å². The number of nitrogens with zero attached hydrogens (tertiary/aromatic N) is 2. The van der Waals surface area contributed by atoms with Crippen LogP contribution in [0.15, 0.2) is 12.5 Å². The van der Waals surface area contributed by atoms with Crippen molar-refractivity contribution in [2.45, 2.75) is 52.1 Å². The van der Waals surface area contributed by atoms with Crippen LogP contribution in [0.3, 0.4) is 0 Å². The molecule has 3 heteroatoms. The lowest BCUT2D eigenvalue weighted by Crippen LogP contribution is -2.09. The van der Waals surface area contributed by atoms with Gasteiger partial charge < -0.3 is 9.67 Å². The van der Waals surface area contributed by atoms with Crippen molar-refractivity contribution in [1.29, 1.82) is 0 Å². The highest BCUT2D eigenvalue weighted by Crippen LogP contribution is 2.25. The Morgan fingerprint density at radius 2 is 2.19 bits per heavy atom. The molecule has 0 aliphatic heterocycles. The lowest BCUT2D eigenvalue weighted by atomic mass is 9.92. The van der Waals surface area contributed by atoms with Crippen LogP contribution in [0.1, 0.15) is 57.7 Å². The number of unbranched alkanes of at least 4 members (excludes halogenated alkanes) is 1. The van der Waals surface area contributed by atoms with E-state index >= 15 is 0 Å². The molecule has 0 fully saturated rings. The molecule has 0 radical (unpaired) electrons. The van der Waals surface area contributed by atoms with Crippen LogP contribution in [0.4, 0.5) is 0 Å². The fourth-order valence-electron chi connectivity index (χ4n) is 2.11. The van der Waals surface area contributed by atoms with E-state index in [0.29, 0.717) is 5.92 Å². The molecule has 1 N–H and O–H groups in total. The maximum atomic E-state index is 10.1. The van der Waals surface area contributed by atoms with Crippen molar-refractivity contribution in [3.63, 3.8) is 0 Å². The fourth-order valence-corrected chi connectivity index (χ4v) is 2.11. The van der Waals surface area contributed by atoms with Gasteiger partial charge in [-0.05, 0) is 12.3 Å². The summed E-state index contributed by atoms with van der Waals surface area (Å²) in [4.78, 5) is 4.04. The largest absolute Gasteiger partial charge is 0.387 e. The van der Waals surface area contributed by atoms with E-state index in [2.05, 4.69) is 18.8 Å². The molecule has 16 heavy (non-hydrogen) atoms. The Labute approximate surface area is 98.5 Å². The van der Waals surface area contributed by atoms with Gasteiger partial charge in [0, 0.05) is 7.05 Å². The van der Waals surface area contributed by atoms with E-state index < -0.39 is 0 Å². The van der Waals surface area contributed by atoms with Crippen molar-refractivity contribution in [3.05, 3.63) is 18.2 Å². The van der Waals surface area contributed by atoms with E-state index in [0.717, 1.165) is 18.5 Å². The van der Waals surface area contributed by atoms with Crippen LogP contribution in [-0.4, -0.2) is 14.7 Å². The van der Waals surface area contributed by atoms with Gasteiger partial charge in [0.1, 0.15) is 0 Å². The first kappa shape index (κ1) is 13.2. The maximum Gasteiger partial charge on any atom is 0.0958 e. The summed E-state index contributed by atoms with van der Waals surface area (Å²) in [5.74, 6) is 0.629. The first-order chi connectivity index (χ1) is 7.69. The number of rotatable bonds is 7. The minimum atomic E-state index is -0.366. The molecule has 1 aromatic heterocycles. The van der Waals surface area contributed by atoms with Gasteiger partial charge in [0.25, 0.3) is 0 Å². The first-order valence-electron chi connectivity index (χ1n) is 6.33. The van der Waals surface area contributed by atoms with Gasteiger partial charge in [-0.1, -0.05) is 39.5 Å². The van der Waals surface area contributed by atoms with Crippen molar-refractivity contribution >= 4 is 0 Å². The van der Waals surface area contributed by atoms with E-state index in [-0.39, 0.29) is 6.10 Å². The third-order valence-electron chi connectivity index (χ3n) is 3.30. The van der Waals surface area contributed by atoms with Crippen molar-refractivity contribution in [2.24, 2.45) is 13.0 Å². The van der Waals surface area contributed by atoms with Crippen molar-refractivity contribution in [2.75, 3.05) is 0 Å². The summed E-state index contributed by atoms with van der Waals surface area (Å²) in [6.45, 7) is 4.42. The lowest BCUT2D eigenvalue weighted by Gasteiger charge is -2.18. The maximum absolute atomic E-state index is 10.1. The number of aromatic nitrogens is 2. The zero-order valence-electron chi connectivity index (χ0n) is 10.7. The molecular weight excluding hydrogens is 200 g/mol. The fraction of sp³-hybridized carbons (Fsp3) is 0.769. The number of imidazole rings is 1. The molecule has 0 aliphatic rings. The summed E-state index contributed by atoms with van der Waals surface area (Å²) in [5, 5.41) is 10.1. The third-order valence-corrected chi connectivity index (χ3v) is 3.30. The smallest absolute Gasteiger partial charge is 0.0958 e. The number of hydrogen-bond donors (Lipinski definition) is 1. The van der Waals surface area contributed by atoms with Crippen LogP contribution in [0.5, 0.6) is 0 Å². The van der Waals surface area contributed by atoms with Gasteiger partial charge in [-0.3, -0.25) is 0 Å². The summed E-state index contributed by atoms with van der Waals surface area (Å²) in [6, 6.07) is 0. The summed E-state index contributed by atoms with van der Waals surface area (Å²) in [7, 11) is 1.93. The van der Waals surface area contributed by atoms with E-state index in [9.17, 15) is 5.11 Å². The molecule has 0 saturated heterocycles. The van der Waals surface area contributed by atoms with Gasteiger partial charge in [0.05, 0.1) is 24.3 Å². The highest BCUT2D eigenvalue weighted by molar-refractivity contribution is 5.01. The summed E-state index contributed by atoms with van der Waals surface area (Å²) in [6.07, 6.45) is 8.86. The predicted molar refractivity (Wildman–Crippen MR) is 66.1 cm³/mol. The second-order valence-electron chi connectivity index (χ2n) is 4.60. The zero-order chi connectivity index (χ0) is 12.0. The van der Waals surface area contributed by atoms with Gasteiger partial charge in [-0.15, -0.1) is 0 Å². The second-order valence-corrected chi connectivity index (χ2v) is 4.60. The van der Waals surface area contributed by atoms with Crippen LogP contribution in [-0.2, 0) is 7.05 Å². The molecule has 92 valence electrons.